The average Bonchev–Trinajstić information content (AvgIpc) is 2.54. The molecule has 1 unspecified atom stereocenters. The highest BCUT2D eigenvalue weighted by atomic mass is 32.2. The third kappa shape index (κ3) is 4.69. The van der Waals surface area contributed by atoms with Crippen molar-refractivity contribution in [1.29, 1.82) is 0 Å². The van der Waals surface area contributed by atoms with Gasteiger partial charge in [0.1, 0.15) is 0 Å². The van der Waals surface area contributed by atoms with Crippen molar-refractivity contribution in [2.75, 3.05) is 0 Å². The van der Waals surface area contributed by atoms with E-state index in [0.717, 1.165) is 5.56 Å². The highest BCUT2D eigenvalue weighted by Gasteiger charge is 2.17. The summed E-state index contributed by atoms with van der Waals surface area (Å²) in [6.45, 7) is 3.69. The van der Waals surface area contributed by atoms with Crippen molar-refractivity contribution in [2.45, 2.75) is 17.4 Å². The summed E-state index contributed by atoms with van der Waals surface area (Å²) >= 11 is 0. The van der Waals surface area contributed by atoms with Gasteiger partial charge in [-0.05, 0) is 24.1 Å². The Labute approximate surface area is 132 Å². The first-order valence-corrected chi connectivity index (χ1v) is 8.51. The topological polar surface area (TPSA) is 46.2 Å². The summed E-state index contributed by atoms with van der Waals surface area (Å²) in [5, 5.41) is 0. The van der Waals surface area contributed by atoms with Gasteiger partial charge in [0.15, 0.2) is 0 Å². The molecule has 2 aromatic carbocycles. The monoisotopic (exact) mass is 313 g/mol. The van der Waals surface area contributed by atoms with Crippen molar-refractivity contribution in [1.82, 2.24) is 4.72 Å². The van der Waals surface area contributed by atoms with Crippen LogP contribution in [0.4, 0.5) is 0 Å². The molecule has 0 saturated carbocycles. The molecular formula is C18H19NO2S. The standard InChI is InChI=1S/C18H19NO2S/c1-2-9-17(15-14-16-10-5-3-6-11-16)19-22(20,21)18-12-7-4-8-13-18/h2-8,10-15,17,19H,1,9H2/b15-14+. The van der Waals surface area contributed by atoms with E-state index in [1.165, 1.54) is 0 Å². The molecule has 22 heavy (non-hydrogen) atoms. The van der Waals surface area contributed by atoms with Crippen molar-refractivity contribution < 1.29 is 8.42 Å². The van der Waals surface area contributed by atoms with E-state index in [1.807, 2.05) is 42.5 Å². The number of sulfonamides is 1. The largest absolute Gasteiger partial charge is 0.241 e. The van der Waals surface area contributed by atoms with Crippen LogP contribution in [0.25, 0.3) is 6.08 Å². The summed E-state index contributed by atoms with van der Waals surface area (Å²) < 4.78 is 27.4. The van der Waals surface area contributed by atoms with Gasteiger partial charge in [-0.25, -0.2) is 13.1 Å². The molecule has 3 nitrogen and oxygen atoms in total. The maximum atomic E-state index is 12.3. The quantitative estimate of drug-likeness (QED) is 0.794. The van der Waals surface area contributed by atoms with E-state index in [-0.39, 0.29) is 10.9 Å². The van der Waals surface area contributed by atoms with Crippen LogP contribution in [0, 0.1) is 0 Å². The highest BCUT2D eigenvalue weighted by Crippen LogP contribution is 2.11. The molecule has 0 aliphatic heterocycles. The average molecular weight is 313 g/mol. The summed E-state index contributed by atoms with van der Waals surface area (Å²) in [6.07, 6.45) is 5.97. The predicted molar refractivity (Wildman–Crippen MR) is 90.8 cm³/mol. The fraction of sp³-hybridized carbons (Fsp3) is 0.111. The molecular weight excluding hydrogens is 294 g/mol. The smallest absolute Gasteiger partial charge is 0.207 e. The second-order valence-electron chi connectivity index (χ2n) is 4.84. The van der Waals surface area contributed by atoms with Crippen LogP contribution in [-0.2, 0) is 10.0 Å². The summed E-state index contributed by atoms with van der Waals surface area (Å²) in [6, 6.07) is 17.8. The van der Waals surface area contributed by atoms with Crippen molar-refractivity contribution in [3.63, 3.8) is 0 Å². The van der Waals surface area contributed by atoms with E-state index in [0.29, 0.717) is 6.42 Å². The molecule has 2 aromatic rings. The fourth-order valence-corrected chi connectivity index (χ4v) is 3.23. The molecule has 4 heteroatoms. The van der Waals surface area contributed by atoms with Gasteiger partial charge in [-0.1, -0.05) is 66.8 Å². The van der Waals surface area contributed by atoms with Gasteiger partial charge >= 0.3 is 0 Å². The first kappa shape index (κ1) is 16.2. The van der Waals surface area contributed by atoms with Crippen LogP contribution in [-0.4, -0.2) is 14.5 Å². The van der Waals surface area contributed by atoms with E-state index < -0.39 is 10.0 Å². The molecule has 0 fully saturated rings. The third-order valence-electron chi connectivity index (χ3n) is 3.10. The second-order valence-corrected chi connectivity index (χ2v) is 6.55. The molecule has 0 spiro atoms. The molecule has 0 aliphatic carbocycles. The Morgan fingerprint density at radius 2 is 1.59 bits per heavy atom. The van der Waals surface area contributed by atoms with Crippen LogP contribution >= 0.6 is 0 Å². The lowest BCUT2D eigenvalue weighted by atomic mass is 10.1. The number of hydrogen-bond acceptors (Lipinski definition) is 2. The summed E-state index contributed by atoms with van der Waals surface area (Å²) in [7, 11) is -3.54. The van der Waals surface area contributed by atoms with Gasteiger partial charge in [-0.15, -0.1) is 6.58 Å². The van der Waals surface area contributed by atoms with Gasteiger partial charge in [0.25, 0.3) is 0 Å². The van der Waals surface area contributed by atoms with Gasteiger partial charge in [-0.2, -0.15) is 0 Å². The van der Waals surface area contributed by atoms with Crippen LogP contribution in [0.1, 0.15) is 12.0 Å². The van der Waals surface area contributed by atoms with Gasteiger partial charge < -0.3 is 0 Å². The van der Waals surface area contributed by atoms with Gasteiger partial charge in [0.05, 0.1) is 4.90 Å². The fourth-order valence-electron chi connectivity index (χ4n) is 2.00. The van der Waals surface area contributed by atoms with E-state index in [2.05, 4.69) is 11.3 Å². The third-order valence-corrected chi connectivity index (χ3v) is 4.61. The summed E-state index contributed by atoms with van der Waals surface area (Å²) in [5.74, 6) is 0. The summed E-state index contributed by atoms with van der Waals surface area (Å²) in [4.78, 5) is 0.261. The summed E-state index contributed by atoms with van der Waals surface area (Å²) in [5.41, 5.74) is 1.02. The zero-order chi connectivity index (χ0) is 15.8. The minimum absolute atomic E-state index is 0.261. The minimum Gasteiger partial charge on any atom is -0.207 e. The number of benzene rings is 2. The lowest BCUT2D eigenvalue weighted by molar-refractivity contribution is 0.571. The maximum Gasteiger partial charge on any atom is 0.241 e. The number of hydrogen-bond donors (Lipinski definition) is 1. The van der Waals surface area contributed by atoms with Crippen molar-refractivity contribution >= 4 is 16.1 Å². The number of nitrogens with one attached hydrogen (secondary N) is 1. The maximum absolute atomic E-state index is 12.3. The van der Waals surface area contributed by atoms with E-state index in [1.54, 1.807) is 36.4 Å². The van der Waals surface area contributed by atoms with E-state index >= 15 is 0 Å². The van der Waals surface area contributed by atoms with E-state index in [9.17, 15) is 8.42 Å². The Hall–Kier alpha value is -2.17. The first-order valence-electron chi connectivity index (χ1n) is 7.03. The highest BCUT2D eigenvalue weighted by molar-refractivity contribution is 7.89. The van der Waals surface area contributed by atoms with E-state index in [4.69, 9.17) is 0 Å². The van der Waals surface area contributed by atoms with Crippen molar-refractivity contribution in [3.8, 4) is 0 Å². The van der Waals surface area contributed by atoms with Crippen LogP contribution < -0.4 is 4.72 Å². The Morgan fingerprint density at radius 1 is 1.00 bits per heavy atom. The minimum atomic E-state index is -3.54. The lowest BCUT2D eigenvalue weighted by Gasteiger charge is -2.13. The van der Waals surface area contributed by atoms with Crippen LogP contribution in [0.15, 0.2) is 84.3 Å². The SMILES string of the molecule is C=CCC(/C=C/c1ccccc1)NS(=O)(=O)c1ccccc1. The van der Waals surface area contributed by atoms with Crippen molar-refractivity contribution in [2.24, 2.45) is 0 Å². The van der Waals surface area contributed by atoms with Gasteiger partial charge in [-0.3, -0.25) is 0 Å². The zero-order valence-electron chi connectivity index (χ0n) is 12.2. The molecule has 0 aromatic heterocycles. The lowest BCUT2D eigenvalue weighted by Crippen LogP contribution is -2.33. The Bertz CT molecular complexity index is 722. The van der Waals surface area contributed by atoms with Crippen LogP contribution in [0.2, 0.25) is 0 Å². The van der Waals surface area contributed by atoms with Gasteiger partial charge in [0.2, 0.25) is 10.0 Å². The molecule has 0 heterocycles. The predicted octanol–water partition coefficient (Wildman–Crippen LogP) is 3.62. The molecule has 0 aliphatic rings. The molecule has 0 bridgehead atoms. The van der Waals surface area contributed by atoms with Crippen LogP contribution in [0.3, 0.4) is 0 Å². The molecule has 0 radical (unpaired) electrons. The molecule has 1 atom stereocenters. The van der Waals surface area contributed by atoms with Gasteiger partial charge in [0, 0.05) is 6.04 Å². The Balaban J connectivity index is 2.15. The van der Waals surface area contributed by atoms with Crippen LogP contribution in [0.5, 0.6) is 0 Å². The Morgan fingerprint density at radius 3 is 2.18 bits per heavy atom. The molecule has 0 saturated heterocycles. The Kier molecular flexibility index (Phi) is 5.69. The second kappa shape index (κ2) is 7.73. The molecule has 114 valence electrons. The molecule has 1 N–H and O–H groups in total. The molecule has 0 amide bonds. The molecule has 2 rings (SSSR count). The van der Waals surface area contributed by atoms with Crippen molar-refractivity contribution in [3.05, 3.63) is 85.0 Å². The normalized spacial score (nSPS) is 13.1. The number of rotatable bonds is 7. The first-order chi connectivity index (χ1) is 10.6. The zero-order valence-corrected chi connectivity index (χ0v) is 13.0.